The van der Waals surface area contributed by atoms with Crippen molar-refractivity contribution < 1.29 is 32.2 Å². The summed E-state index contributed by atoms with van der Waals surface area (Å²) in [6.45, 7) is -0.147. The zero-order valence-electron chi connectivity index (χ0n) is 13.5. The van der Waals surface area contributed by atoms with Crippen molar-refractivity contribution in [2.45, 2.75) is 12.9 Å². The zero-order chi connectivity index (χ0) is 18.4. The summed E-state index contributed by atoms with van der Waals surface area (Å²) < 4.78 is 51.5. The average Bonchev–Trinajstić information content (AvgIpc) is 2.58. The quantitative estimate of drug-likeness (QED) is 0.861. The highest BCUT2D eigenvalue weighted by Gasteiger charge is 2.32. The molecule has 0 fully saturated rings. The summed E-state index contributed by atoms with van der Waals surface area (Å²) in [7, 11) is 2.82. The fourth-order valence-electron chi connectivity index (χ4n) is 2.21. The summed E-state index contributed by atoms with van der Waals surface area (Å²) in [5.74, 6) is -0.274. The van der Waals surface area contributed by atoms with Crippen LogP contribution in [0.4, 0.5) is 13.2 Å². The Hall–Kier alpha value is -2.90. The second-order valence-corrected chi connectivity index (χ2v) is 4.88. The molecule has 0 aromatic heterocycles. The highest BCUT2D eigenvalue weighted by atomic mass is 19.4. The van der Waals surface area contributed by atoms with Gasteiger partial charge in [0.25, 0.3) is 5.91 Å². The van der Waals surface area contributed by atoms with Gasteiger partial charge in [-0.1, -0.05) is 24.3 Å². The maximum atomic E-state index is 12.4. The lowest BCUT2D eigenvalue weighted by molar-refractivity contribution is -0.274. The summed E-state index contributed by atoms with van der Waals surface area (Å²) in [6.07, 6.45) is -4.81. The Morgan fingerprint density at radius 1 is 1.00 bits per heavy atom. The van der Waals surface area contributed by atoms with Crippen LogP contribution < -0.4 is 19.5 Å². The molecule has 0 bridgehead atoms. The maximum absolute atomic E-state index is 12.4. The lowest BCUT2D eigenvalue weighted by Crippen LogP contribution is -2.25. The van der Waals surface area contributed by atoms with Crippen molar-refractivity contribution in [2.24, 2.45) is 0 Å². The van der Waals surface area contributed by atoms with E-state index in [1.807, 2.05) is 0 Å². The topological polar surface area (TPSA) is 56.8 Å². The van der Waals surface area contributed by atoms with Gasteiger partial charge in [-0.15, -0.1) is 13.2 Å². The lowest BCUT2D eigenvalue weighted by atomic mass is 10.1. The molecule has 2 aromatic rings. The molecule has 0 aliphatic rings. The maximum Gasteiger partial charge on any atom is 0.573 e. The van der Waals surface area contributed by atoms with E-state index in [-0.39, 0.29) is 29.2 Å². The molecule has 5 nitrogen and oxygen atoms in total. The van der Waals surface area contributed by atoms with Crippen LogP contribution in [0.1, 0.15) is 15.9 Å². The van der Waals surface area contributed by atoms with Crippen LogP contribution in [0.15, 0.2) is 42.5 Å². The van der Waals surface area contributed by atoms with Crippen molar-refractivity contribution in [1.82, 2.24) is 5.32 Å². The number of para-hydroxylation sites is 2. The number of alkyl halides is 3. The van der Waals surface area contributed by atoms with E-state index in [4.69, 9.17) is 9.47 Å². The lowest BCUT2D eigenvalue weighted by Gasteiger charge is -2.15. The number of carbonyl (C=O) groups excluding carboxylic acids is 1. The first kappa shape index (κ1) is 18.4. The van der Waals surface area contributed by atoms with Crippen molar-refractivity contribution in [3.8, 4) is 17.2 Å². The minimum Gasteiger partial charge on any atom is -0.493 e. The second-order valence-electron chi connectivity index (χ2n) is 4.88. The highest BCUT2D eigenvalue weighted by molar-refractivity contribution is 5.97. The number of methoxy groups -OCH3 is 2. The third-order valence-corrected chi connectivity index (χ3v) is 3.29. The molecule has 0 saturated carbocycles. The Labute approximate surface area is 142 Å². The Bertz CT molecular complexity index is 747. The van der Waals surface area contributed by atoms with Crippen LogP contribution in [0.25, 0.3) is 0 Å². The molecule has 0 unspecified atom stereocenters. The number of halogens is 3. The third-order valence-electron chi connectivity index (χ3n) is 3.29. The Morgan fingerprint density at radius 3 is 2.32 bits per heavy atom. The molecule has 25 heavy (non-hydrogen) atoms. The molecular formula is C17H16F3NO4. The first-order valence-electron chi connectivity index (χ1n) is 7.18. The first-order chi connectivity index (χ1) is 11.9. The van der Waals surface area contributed by atoms with Gasteiger partial charge in [0, 0.05) is 12.1 Å². The van der Waals surface area contributed by atoms with E-state index in [0.29, 0.717) is 5.75 Å². The van der Waals surface area contributed by atoms with Gasteiger partial charge in [-0.05, 0) is 18.2 Å². The number of nitrogens with one attached hydrogen (secondary N) is 1. The van der Waals surface area contributed by atoms with Crippen LogP contribution in [0.2, 0.25) is 0 Å². The van der Waals surface area contributed by atoms with E-state index in [1.165, 1.54) is 38.5 Å². The van der Waals surface area contributed by atoms with Crippen LogP contribution in [0.5, 0.6) is 17.2 Å². The van der Waals surface area contributed by atoms with Crippen LogP contribution in [-0.4, -0.2) is 26.5 Å². The molecule has 134 valence electrons. The summed E-state index contributed by atoms with van der Waals surface area (Å²) in [5, 5.41) is 2.55. The van der Waals surface area contributed by atoms with Crippen molar-refractivity contribution in [2.75, 3.05) is 14.2 Å². The van der Waals surface area contributed by atoms with E-state index in [0.717, 1.165) is 0 Å². The molecule has 2 rings (SSSR count). The van der Waals surface area contributed by atoms with E-state index >= 15 is 0 Å². The molecular weight excluding hydrogens is 339 g/mol. The summed E-state index contributed by atoms with van der Waals surface area (Å²) in [5.41, 5.74) is 0.395. The Kier molecular flexibility index (Phi) is 5.74. The second kappa shape index (κ2) is 7.78. The van der Waals surface area contributed by atoms with Crippen LogP contribution in [-0.2, 0) is 6.54 Å². The van der Waals surface area contributed by atoms with Crippen LogP contribution in [0, 0.1) is 0 Å². The largest absolute Gasteiger partial charge is 0.573 e. The van der Waals surface area contributed by atoms with Gasteiger partial charge in [-0.3, -0.25) is 4.79 Å². The van der Waals surface area contributed by atoms with Crippen molar-refractivity contribution in [3.05, 3.63) is 53.6 Å². The monoisotopic (exact) mass is 355 g/mol. The number of ether oxygens (including phenoxy) is 3. The predicted octanol–water partition coefficient (Wildman–Crippen LogP) is 3.53. The van der Waals surface area contributed by atoms with Crippen molar-refractivity contribution in [3.63, 3.8) is 0 Å². The predicted molar refractivity (Wildman–Crippen MR) is 83.8 cm³/mol. The standard InChI is InChI=1S/C17H16F3NO4/c1-23-14-9-5-7-12(15(14)24-2)16(22)21-10-11-6-3-4-8-13(11)25-17(18,19)20/h3-9H,10H2,1-2H3,(H,21,22). The van der Waals surface area contributed by atoms with Gasteiger partial charge in [0.05, 0.1) is 19.8 Å². The van der Waals surface area contributed by atoms with E-state index in [2.05, 4.69) is 10.1 Å². The number of hydrogen-bond donors (Lipinski definition) is 1. The van der Waals surface area contributed by atoms with Gasteiger partial charge < -0.3 is 19.5 Å². The van der Waals surface area contributed by atoms with Crippen molar-refractivity contribution in [1.29, 1.82) is 0 Å². The van der Waals surface area contributed by atoms with E-state index in [9.17, 15) is 18.0 Å². The molecule has 1 amide bonds. The Morgan fingerprint density at radius 2 is 1.68 bits per heavy atom. The molecule has 2 aromatic carbocycles. The number of amides is 1. The fraction of sp³-hybridized carbons (Fsp3) is 0.235. The first-order valence-corrected chi connectivity index (χ1v) is 7.18. The van der Waals surface area contributed by atoms with Gasteiger partial charge in [0.1, 0.15) is 5.75 Å². The average molecular weight is 355 g/mol. The van der Waals surface area contributed by atoms with Crippen molar-refractivity contribution >= 4 is 5.91 Å². The molecule has 0 aliphatic carbocycles. The molecule has 0 aliphatic heterocycles. The van der Waals surface area contributed by atoms with Gasteiger partial charge in [0.15, 0.2) is 11.5 Å². The molecule has 0 atom stereocenters. The van der Waals surface area contributed by atoms with Gasteiger partial charge in [0.2, 0.25) is 0 Å². The smallest absolute Gasteiger partial charge is 0.493 e. The summed E-state index contributed by atoms with van der Waals surface area (Å²) in [6, 6.07) is 10.3. The number of hydrogen-bond acceptors (Lipinski definition) is 4. The molecule has 0 spiro atoms. The molecule has 0 saturated heterocycles. The van der Waals surface area contributed by atoms with E-state index in [1.54, 1.807) is 18.2 Å². The Balaban J connectivity index is 2.16. The molecule has 0 heterocycles. The molecule has 0 radical (unpaired) electrons. The van der Waals surface area contributed by atoms with E-state index < -0.39 is 12.3 Å². The molecule has 8 heteroatoms. The third kappa shape index (κ3) is 4.79. The number of carbonyl (C=O) groups is 1. The van der Waals surface area contributed by atoms with Gasteiger partial charge in [-0.2, -0.15) is 0 Å². The zero-order valence-corrected chi connectivity index (χ0v) is 13.5. The van der Waals surface area contributed by atoms with Gasteiger partial charge in [-0.25, -0.2) is 0 Å². The highest BCUT2D eigenvalue weighted by Crippen LogP contribution is 2.31. The fourth-order valence-corrected chi connectivity index (χ4v) is 2.21. The SMILES string of the molecule is COc1cccc(C(=O)NCc2ccccc2OC(F)(F)F)c1OC. The van der Waals surface area contributed by atoms with Gasteiger partial charge >= 0.3 is 6.36 Å². The normalized spacial score (nSPS) is 10.9. The minimum absolute atomic E-state index is 0.147. The summed E-state index contributed by atoms with van der Waals surface area (Å²) in [4.78, 5) is 12.4. The van der Waals surface area contributed by atoms with Crippen LogP contribution >= 0.6 is 0 Å². The van der Waals surface area contributed by atoms with Crippen LogP contribution in [0.3, 0.4) is 0 Å². The number of benzene rings is 2. The minimum atomic E-state index is -4.81. The summed E-state index contributed by atoms with van der Waals surface area (Å²) >= 11 is 0. The molecule has 1 N–H and O–H groups in total. The number of rotatable bonds is 6.